The van der Waals surface area contributed by atoms with Gasteiger partial charge in [-0.15, -0.1) is 0 Å². The third-order valence-electron chi connectivity index (χ3n) is 3.69. The molecule has 3 rings (SSSR count). The van der Waals surface area contributed by atoms with Crippen LogP contribution in [-0.4, -0.2) is 24.5 Å². The number of carbonyl (C=O) groups is 1. The van der Waals surface area contributed by atoms with E-state index in [1.807, 2.05) is 6.07 Å². The van der Waals surface area contributed by atoms with Crippen LogP contribution in [0.3, 0.4) is 0 Å². The third kappa shape index (κ3) is 4.20. The van der Waals surface area contributed by atoms with Crippen LogP contribution >= 0.6 is 23.2 Å². The summed E-state index contributed by atoms with van der Waals surface area (Å²) in [6.45, 7) is 3.58. The second kappa shape index (κ2) is 7.85. The average Bonchev–Trinajstić information content (AvgIpc) is 3.09. The van der Waals surface area contributed by atoms with Crippen molar-refractivity contribution in [1.29, 1.82) is 0 Å². The molecule has 2 aromatic carbocycles. The van der Waals surface area contributed by atoms with Crippen molar-refractivity contribution in [2.75, 3.05) is 6.79 Å². The SMILES string of the molecule is C/C(=N\NC(=O)C(C)Oc1ccc(Cl)cc1Cl)c1ccc2c(c1)OCO2. The van der Waals surface area contributed by atoms with Crippen LogP contribution in [0.2, 0.25) is 10.0 Å². The summed E-state index contributed by atoms with van der Waals surface area (Å²) in [5, 5.41) is 4.93. The molecule has 2 aromatic rings. The summed E-state index contributed by atoms with van der Waals surface area (Å²) in [5.74, 6) is 1.30. The number of carbonyl (C=O) groups excluding carboxylic acids is 1. The van der Waals surface area contributed by atoms with Crippen LogP contribution in [0, 0.1) is 0 Å². The summed E-state index contributed by atoms with van der Waals surface area (Å²) in [6, 6.07) is 10.2. The lowest BCUT2D eigenvalue weighted by Crippen LogP contribution is -2.34. The molecule has 0 bridgehead atoms. The van der Waals surface area contributed by atoms with Gasteiger partial charge in [0.15, 0.2) is 17.6 Å². The van der Waals surface area contributed by atoms with Crippen LogP contribution in [0.4, 0.5) is 0 Å². The predicted molar refractivity (Wildman–Crippen MR) is 99.5 cm³/mol. The van der Waals surface area contributed by atoms with Crippen LogP contribution in [0.1, 0.15) is 19.4 Å². The highest BCUT2D eigenvalue weighted by Gasteiger charge is 2.17. The molecule has 0 aromatic heterocycles. The number of benzene rings is 2. The monoisotopic (exact) mass is 394 g/mol. The Bertz CT molecular complexity index is 870. The molecule has 0 radical (unpaired) electrons. The fourth-order valence-electron chi connectivity index (χ4n) is 2.23. The van der Waals surface area contributed by atoms with Gasteiger partial charge in [-0.2, -0.15) is 5.10 Å². The molecule has 0 fully saturated rings. The number of halogens is 2. The number of ether oxygens (including phenoxy) is 3. The van der Waals surface area contributed by atoms with Crippen molar-refractivity contribution in [1.82, 2.24) is 5.43 Å². The van der Waals surface area contributed by atoms with Gasteiger partial charge in [-0.3, -0.25) is 4.79 Å². The van der Waals surface area contributed by atoms with Gasteiger partial charge in [0.25, 0.3) is 5.91 Å². The van der Waals surface area contributed by atoms with E-state index in [9.17, 15) is 4.79 Å². The zero-order valence-corrected chi connectivity index (χ0v) is 15.6. The Hall–Kier alpha value is -2.44. The van der Waals surface area contributed by atoms with E-state index in [1.165, 1.54) is 0 Å². The van der Waals surface area contributed by atoms with Crippen LogP contribution in [0.25, 0.3) is 0 Å². The minimum absolute atomic E-state index is 0.202. The molecule has 1 aliphatic heterocycles. The minimum atomic E-state index is -0.790. The topological polar surface area (TPSA) is 69.2 Å². The Morgan fingerprint density at radius 1 is 1.19 bits per heavy atom. The van der Waals surface area contributed by atoms with Gasteiger partial charge in [0.2, 0.25) is 6.79 Å². The Morgan fingerprint density at radius 2 is 1.96 bits per heavy atom. The number of nitrogens with one attached hydrogen (secondary N) is 1. The van der Waals surface area contributed by atoms with Crippen LogP contribution in [0.5, 0.6) is 17.2 Å². The van der Waals surface area contributed by atoms with Crippen LogP contribution in [-0.2, 0) is 4.79 Å². The van der Waals surface area contributed by atoms with E-state index in [2.05, 4.69) is 10.5 Å². The van der Waals surface area contributed by atoms with Crippen molar-refractivity contribution >= 4 is 34.8 Å². The Balaban J connectivity index is 1.62. The summed E-state index contributed by atoms with van der Waals surface area (Å²) in [5.41, 5.74) is 3.91. The van der Waals surface area contributed by atoms with Gasteiger partial charge in [0.05, 0.1) is 10.7 Å². The zero-order valence-electron chi connectivity index (χ0n) is 14.1. The number of fused-ring (bicyclic) bond motifs is 1. The van der Waals surface area contributed by atoms with E-state index in [1.54, 1.807) is 44.2 Å². The molecular weight excluding hydrogens is 379 g/mol. The lowest BCUT2D eigenvalue weighted by Gasteiger charge is -2.14. The standard InChI is InChI=1S/C18H16Cl2N2O4/c1-10(12-3-5-16-17(7-12)25-9-24-16)21-22-18(23)11(2)26-15-6-4-13(19)8-14(15)20/h3-8,11H,9H2,1-2H3,(H,22,23)/b21-10+. The summed E-state index contributed by atoms with van der Waals surface area (Å²) in [4.78, 5) is 12.2. The maximum atomic E-state index is 12.2. The van der Waals surface area contributed by atoms with E-state index in [4.69, 9.17) is 37.4 Å². The summed E-state index contributed by atoms with van der Waals surface area (Å²) in [7, 11) is 0. The molecule has 1 heterocycles. The number of hydrazone groups is 1. The van der Waals surface area contributed by atoms with Crippen molar-refractivity contribution in [3.8, 4) is 17.2 Å². The molecule has 0 spiro atoms. The fourth-order valence-corrected chi connectivity index (χ4v) is 2.68. The third-order valence-corrected chi connectivity index (χ3v) is 4.22. The predicted octanol–water partition coefficient (Wildman–Crippen LogP) is 4.03. The van der Waals surface area contributed by atoms with Gasteiger partial charge in [-0.1, -0.05) is 23.2 Å². The van der Waals surface area contributed by atoms with Gasteiger partial charge in [0.1, 0.15) is 5.75 Å². The van der Waals surface area contributed by atoms with Crippen molar-refractivity contribution in [3.63, 3.8) is 0 Å². The van der Waals surface area contributed by atoms with Gasteiger partial charge in [-0.25, -0.2) is 5.43 Å². The van der Waals surface area contributed by atoms with Crippen molar-refractivity contribution in [3.05, 3.63) is 52.0 Å². The van der Waals surface area contributed by atoms with Gasteiger partial charge in [-0.05, 0) is 50.2 Å². The van der Waals surface area contributed by atoms with E-state index in [0.717, 1.165) is 5.56 Å². The first-order valence-corrected chi connectivity index (χ1v) is 8.55. The number of nitrogens with zero attached hydrogens (tertiary/aromatic N) is 1. The second-order valence-corrected chi connectivity index (χ2v) is 6.42. The minimum Gasteiger partial charge on any atom is -0.479 e. The van der Waals surface area contributed by atoms with Crippen LogP contribution in [0.15, 0.2) is 41.5 Å². The number of hydrogen-bond acceptors (Lipinski definition) is 5. The maximum Gasteiger partial charge on any atom is 0.280 e. The van der Waals surface area contributed by atoms with Crippen molar-refractivity contribution in [2.45, 2.75) is 20.0 Å². The summed E-state index contributed by atoms with van der Waals surface area (Å²) < 4.78 is 16.2. The van der Waals surface area contributed by atoms with Crippen LogP contribution < -0.4 is 19.6 Å². The van der Waals surface area contributed by atoms with Crippen molar-refractivity contribution < 1.29 is 19.0 Å². The largest absolute Gasteiger partial charge is 0.479 e. The molecule has 26 heavy (non-hydrogen) atoms. The smallest absolute Gasteiger partial charge is 0.280 e. The molecular formula is C18H16Cl2N2O4. The molecule has 8 heteroatoms. The molecule has 136 valence electrons. The fraction of sp³-hybridized carbons (Fsp3) is 0.222. The molecule has 0 saturated heterocycles. The zero-order chi connectivity index (χ0) is 18.7. The molecule has 1 aliphatic rings. The highest BCUT2D eigenvalue weighted by molar-refractivity contribution is 6.35. The highest BCUT2D eigenvalue weighted by Crippen LogP contribution is 2.32. The van der Waals surface area contributed by atoms with Gasteiger partial charge >= 0.3 is 0 Å². The molecule has 0 aliphatic carbocycles. The molecule has 1 unspecified atom stereocenters. The normalized spacial score (nSPS) is 14.1. The summed E-state index contributed by atoms with van der Waals surface area (Å²) in [6.07, 6.45) is -0.790. The molecule has 0 saturated carbocycles. The first-order valence-electron chi connectivity index (χ1n) is 7.80. The second-order valence-electron chi connectivity index (χ2n) is 5.58. The van der Waals surface area contributed by atoms with E-state index >= 15 is 0 Å². The van der Waals surface area contributed by atoms with Gasteiger partial charge < -0.3 is 14.2 Å². The molecule has 1 amide bonds. The average molecular weight is 395 g/mol. The van der Waals surface area contributed by atoms with E-state index in [-0.39, 0.29) is 6.79 Å². The molecule has 1 atom stereocenters. The Morgan fingerprint density at radius 3 is 2.73 bits per heavy atom. The number of amides is 1. The highest BCUT2D eigenvalue weighted by atomic mass is 35.5. The van der Waals surface area contributed by atoms with E-state index < -0.39 is 12.0 Å². The number of rotatable bonds is 5. The lowest BCUT2D eigenvalue weighted by molar-refractivity contribution is -0.127. The lowest BCUT2D eigenvalue weighted by atomic mass is 10.1. The number of hydrogen-bond donors (Lipinski definition) is 1. The van der Waals surface area contributed by atoms with E-state index in [0.29, 0.717) is 33.0 Å². The Labute approximate surface area is 160 Å². The Kier molecular flexibility index (Phi) is 5.54. The summed E-state index contributed by atoms with van der Waals surface area (Å²) >= 11 is 11.9. The maximum absolute atomic E-state index is 12.2. The van der Waals surface area contributed by atoms with Gasteiger partial charge in [0, 0.05) is 10.6 Å². The molecule has 6 nitrogen and oxygen atoms in total. The quantitative estimate of drug-likeness (QED) is 0.613. The first kappa shape index (κ1) is 18.4. The van der Waals surface area contributed by atoms with Crippen molar-refractivity contribution in [2.24, 2.45) is 5.10 Å². The first-order chi connectivity index (χ1) is 12.4. The molecule has 1 N–H and O–H groups in total.